The predicted molar refractivity (Wildman–Crippen MR) is 68.6 cm³/mol. The predicted octanol–water partition coefficient (Wildman–Crippen LogP) is 3.00. The zero-order valence-electron chi connectivity index (χ0n) is 10.2. The Morgan fingerprint density at radius 2 is 2.00 bits per heavy atom. The first-order valence-corrected chi connectivity index (χ1v) is 6.71. The lowest BCUT2D eigenvalue weighted by atomic mass is 10.2. The minimum absolute atomic E-state index is 0.229. The Hall–Kier alpha value is -0.480. The number of carbonyl (C=O) groups is 1. The number of hydrogen-bond acceptors (Lipinski definition) is 4. The molecular weight excluding hydrogens is 224 g/mol. The van der Waals surface area contributed by atoms with E-state index in [0.29, 0.717) is 6.61 Å². The molecule has 0 unspecified atom stereocenters. The average Bonchev–Trinajstić information content (AvgIpc) is 2.25. The van der Waals surface area contributed by atoms with Gasteiger partial charge in [0.15, 0.2) is 0 Å². The molecule has 4 heteroatoms. The van der Waals surface area contributed by atoms with E-state index in [1.807, 2.05) is 11.5 Å². The van der Waals surface area contributed by atoms with Crippen molar-refractivity contribution in [1.29, 1.82) is 0 Å². The second-order valence-electron chi connectivity index (χ2n) is 3.45. The molecular formula is C12H22O3S. The fourth-order valence-electron chi connectivity index (χ4n) is 1.13. The quantitative estimate of drug-likeness (QED) is 0.438. The van der Waals surface area contributed by atoms with Crippen LogP contribution in [-0.4, -0.2) is 32.0 Å². The van der Waals surface area contributed by atoms with Gasteiger partial charge in [-0.1, -0.05) is 12.8 Å². The van der Waals surface area contributed by atoms with Gasteiger partial charge in [0, 0.05) is 20.6 Å². The fraction of sp³-hybridized carbons (Fsp3) is 0.750. The molecule has 0 aromatic rings. The Morgan fingerprint density at radius 3 is 2.69 bits per heavy atom. The molecule has 0 atom stereocenters. The highest BCUT2D eigenvalue weighted by molar-refractivity contribution is 8.02. The summed E-state index contributed by atoms with van der Waals surface area (Å²) >= 11 is 1.77. The van der Waals surface area contributed by atoms with Gasteiger partial charge in [-0.05, 0) is 30.1 Å². The molecule has 0 N–H and O–H groups in total. The molecule has 0 rings (SSSR count). The highest BCUT2D eigenvalue weighted by Crippen LogP contribution is 2.08. The van der Waals surface area contributed by atoms with Crippen molar-refractivity contribution in [3.8, 4) is 0 Å². The maximum absolute atomic E-state index is 10.4. The lowest BCUT2D eigenvalue weighted by Crippen LogP contribution is -1.96. The third-order valence-corrected chi connectivity index (χ3v) is 2.85. The first kappa shape index (κ1) is 15.5. The van der Waals surface area contributed by atoms with Gasteiger partial charge >= 0.3 is 5.97 Å². The van der Waals surface area contributed by atoms with E-state index in [-0.39, 0.29) is 5.97 Å². The minimum atomic E-state index is -0.229. The Morgan fingerprint density at radius 1 is 1.25 bits per heavy atom. The monoisotopic (exact) mass is 246 g/mol. The van der Waals surface area contributed by atoms with Gasteiger partial charge in [0.25, 0.3) is 0 Å². The molecule has 0 saturated carbocycles. The van der Waals surface area contributed by atoms with Crippen LogP contribution >= 0.6 is 11.8 Å². The number of thioether (sulfide) groups is 1. The first-order valence-electron chi connectivity index (χ1n) is 5.66. The van der Waals surface area contributed by atoms with E-state index in [4.69, 9.17) is 9.47 Å². The molecule has 0 aromatic heterocycles. The topological polar surface area (TPSA) is 35.5 Å². The Bertz CT molecular complexity index is 193. The first-order chi connectivity index (χ1) is 7.77. The molecule has 0 saturated heterocycles. The van der Waals surface area contributed by atoms with Crippen LogP contribution in [0.3, 0.4) is 0 Å². The van der Waals surface area contributed by atoms with Crippen LogP contribution in [0, 0.1) is 0 Å². The molecule has 0 aliphatic carbocycles. The molecule has 0 bridgehead atoms. The van der Waals surface area contributed by atoms with E-state index in [1.165, 1.54) is 26.2 Å². The number of hydrogen-bond donors (Lipinski definition) is 0. The molecule has 3 nitrogen and oxygen atoms in total. The zero-order chi connectivity index (χ0) is 12.1. The zero-order valence-corrected chi connectivity index (χ0v) is 11.1. The van der Waals surface area contributed by atoms with Crippen LogP contribution in [0.5, 0.6) is 0 Å². The largest absolute Gasteiger partial charge is 0.462 e. The highest BCUT2D eigenvalue weighted by atomic mass is 32.2. The van der Waals surface area contributed by atoms with Crippen molar-refractivity contribution in [2.45, 2.75) is 32.6 Å². The Kier molecular flexibility index (Phi) is 12.2. The maximum Gasteiger partial charge on any atom is 0.302 e. The summed E-state index contributed by atoms with van der Waals surface area (Å²) in [5.74, 6) is 0.900. The van der Waals surface area contributed by atoms with Crippen molar-refractivity contribution in [2.24, 2.45) is 0 Å². The van der Waals surface area contributed by atoms with Crippen molar-refractivity contribution in [2.75, 3.05) is 26.1 Å². The van der Waals surface area contributed by atoms with Crippen LogP contribution in [0.4, 0.5) is 0 Å². The van der Waals surface area contributed by atoms with E-state index in [9.17, 15) is 4.79 Å². The third-order valence-electron chi connectivity index (χ3n) is 1.94. The number of methoxy groups -OCH3 is 1. The molecule has 0 radical (unpaired) electrons. The highest BCUT2D eigenvalue weighted by Gasteiger charge is 1.90. The second kappa shape index (κ2) is 12.6. The number of ether oxygens (including phenoxy) is 2. The van der Waals surface area contributed by atoms with Crippen LogP contribution in [0.15, 0.2) is 11.5 Å². The summed E-state index contributed by atoms with van der Waals surface area (Å²) in [5.41, 5.74) is 0. The van der Waals surface area contributed by atoms with Gasteiger partial charge in [0.1, 0.15) is 6.61 Å². The van der Waals surface area contributed by atoms with Crippen molar-refractivity contribution >= 4 is 17.7 Å². The van der Waals surface area contributed by atoms with Crippen molar-refractivity contribution in [3.63, 3.8) is 0 Å². The summed E-state index contributed by atoms with van der Waals surface area (Å²) in [6.07, 6.45) is 6.76. The summed E-state index contributed by atoms with van der Waals surface area (Å²) in [6.45, 7) is 2.67. The number of rotatable bonds is 10. The van der Waals surface area contributed by atoms with Crippen LogP contribution in [0.2, 0.25) is 0 Å². The van der Waals surface area contributed by atoms with E-state index >= 15 is 0 Å². The lowest BCUT2D eigenvalue weighted by Gasteiger charge is -1.99. The van der Waals surface area contributed by atoms with Crippen LogP contribution in [0.1, 0.15) is 32.6 Å². The van der Waals surface area contributed by atoms with Gasteiger partial charge in [-0.15, -0.1) is 11.8 Å². The van der Waals surface area contributed by atoms with Gasteiger partial charge in [0.05, 0.1) is 0 Å². The standard InChI is InChI=1S/C12H22O3S/c1-12(13)15-9-7-11-16-10-6-4-3-5-8-14-2/h7,11H,3-6,8-10H2,1-2H3/b11-7+. The van der Waals surface area contributed by atoms with E-state index in [0.717, 1.165) is 18.8 Å². The molecule has 0 aliphatic rings. The summed E-state index contributed by atoms with van der Waals surface area (Å²) in [4.78, 5) is 10.4. The van der Waals surface area contributed by atoms with E-state index in [1.54, 1.807) is 18.9 Å². The molecule has 94 valence electrons. The molecule has 0 heterocycles. The Balaban J connectivity index is 3.05. The molecule has 0 aromatic carbocycles. The van der Waals surface area contributed by atoms with Gasteiger partial charge in [-0.2, -0.15) is 0 Å². The number of esters is 1. The molecule has 16 heavy (non-hydrogen) atoms. The van der Waals surface area contributed by atoms with Crippen LogP contribution in [-0.2, 0) is 14.3 Å². The second-order valence-corrected chi connectivity index (χ2v) is 4.47. The number of unbranched alkanes of at least 4 members (excludes halogenated alkanes) is 3. The van der Waals surface area contributed by atoms with Gasteiger partial charge in [0.2, 0.25) is 0 Å². The van der Waals surface area contributed by atoms with Crippen molar-refractivity contribution in [3.05, 3.63) is 11.5 Å². The van der Waals surface area contributed by atoms with Crippen LogP contribution < -0.4 is 0 Å². The minimum Gasteiger partial charge on any atom is -0.462 e. The normalized spacial score (nSPS) is 10.9. The molecule has 0 aliphatic heterocycles. The maximum atomic E-state index is 10.4. The smallest absolute Gasteiger partial charge is 0.302 e. The molecule has 0 fully saturated rings. The van der Waals surface area contributed by atoms with Crippen LogP contribution in [0.25, 0.3) is 0 Å². The average molecular weight is 246 g/mol. The van der Waals surface area contributed by atoms with Crippen molar-refractivity contribution < 1.29 is 14.3 Å². The summed E-state index contributed by atoms with van der Waals surface area (Å²) in [6, 6.07) is 0. The SMILES string of the molecule is COCCCCCCS/C=C/COC(C)=O. The molecule has 0 spiro atoms. The van der Waals surface area contributed by atoms with E-state index < -0.39 is 0 Å². The third kappa shape index (κ3) is 13.5. The van der Waals surface area contributed by atoms with Gasteiger partial charge in [-0.25, -0.2) is 0 Å². The summed E-state index contributed by atoms with van der Waals surface area (Å²) in [7, 11) is 1.74. The Labute approximate surface area is 103 Å². The number of carbonyl (C=O) groups excluding carboxylic acids is 1. The van der Waals surface area contributed by atoms with Gasteiger partial charge in [-0.3, -0.25) is 4.79 Å². The fourth-order valence-corrected chi connectivity index (χ4v) is 1.85. The lowest BCUT2D eigenvalue weighted by molar-refractivity contribution is -0.139. The summed E-state index contributed by atoms with van der Waals surface area (Å²) < 4.78 is 9.74. The van der Waals surface area contributed by atoms with Crippen molar-refractivity contribution in [1.82, 2.24) is 0 Å². The van der Waals surface area contributed by atoms with Gasteiger partial charge < -0.3 is 9.47 Å². The van der Waals surface area contributed by atoms with E-state index in [2.05, 4.69) is 0 Å². The summed E-state index contributed by atoms with van der Waals surface area (Å²) in [5, 5.41) is 2.00. The molecule has 0 amide bonds.